The summed E-state index contributed by atoms with van der Waals surface area (Å²) in [6.07, 6.45) is 1.97. The normalized spacial score (nSPS) is 19.2. The lowest BCUT2D eigenvalue weighted by Crippen LogP contribution is -2.50. The SMILES string of the molecule is C=CC(=O)Nc1cc(Nc2cc(N3OCC[C@@H]3c3cccc(C(F)(F)F)c3)ncn2)c(OC)cc1N1CCC(N2CCC2)CC1. The zero-order valence-electron chi connectivity index (χ0n) is 25.0. The molecule has 0 saturated carbocycles. The molecule has 3 aromatic rings. The van der Waals surface area contributed by atoms with Gasteiger partial charge in [-0.05, 0) is 62.2 Å². The zero-order chi connectivity index (χ0) is 31.6. The molecule has 4 heterocycles. The first kappa shape index (κ1) is 30.7. The standard InChI is InChI=1S/C32H36F3N7O3/c1-3-31(43)39-24-17-25(28(44-2)18-27(24)41-13-8-23(9-14-41)40-11-5-12-40)38-29-19-30(37-20-36-29)42-26(10-15-45-42)21-6-4-7-22(16-21)32(33,34)35/h3-4,6-7,16-20,23,26H,1,5,8-15H2,2H3,(H,39,43)(H,36,37,38)/t26-/m1/s1. The van der Waals surface area contributed by atoms with Gasteiger partial charge in [0, 0.05) is 37.7 Å². The fraction of sp³-hybridized carbons (Fsp3) is 0.406. The Morgan fingerprint density at radius 2 is 1.87 bits per heavy atom. The Balaban J connectivity index is 1.25. The summed E-state index contributed by atoms with van der Waals surface area (Å²) in [4.78, 5) is 31.8. The fourth-order valence-corrected chi connectivity index (χ4v) is 6.15. The number of hydrogen-bond acceptors (Lipinski definition) is 9. The second-order valence-electron chi connectivity index (χ2n) is 11.3. The van der Waals surface area contributed by atoms with E-state index in [0.717, 1.165) is 43.8 Å². The van der Waals surface area contributed by atoms with Crippen molar-refractivity contribution in [3.8, 4) is 5.75 Å². The van der Waals surface area contributed by atoms with Gasteiger partial charge in [0.15, 0.2) is 5.82 Å². The van der Waals surface area contributed by atoms with Crippen LogP contribution < -0.4 is 25.3 Å². The minimum atomic E-state index is -4.45. The first-order valence-corrected chi connectivity index (χ1v) is 15.1. The van der Waals surface area contributed by atoms with E-state index in [1.807, 2.05) is 6.07 Å². The maximum atomic E-state index is 13.4. The first-order valence-electron chi connectivity index (χ1n) is 15.1. The Labute approximate surface area is 259 Å². The molecule has 6 rings (SSSR count). The van der Waals surface area contributed by atoms with Crippen LogP contribution in [0.4, 0.5) is 41.9 Å². The highest BCUT2D eigenvalue weighted by Crippen LogP contribution is 2.41. The van der Waals surface area contributed by atoms with Gasteiger partial charge in [-0.2, -0.15) is 13.2 Å². The largest absolute Gasteiger partial charge is 0.494 e. The number of hydrogen-bond donors (Lipinski definition) is 2. The summed E-state index contributed by atoms with van der Waals surface area (Å²) in [5.41, 5.74) is 1.77. The molecule has 3 saturated heterocycles. The minimum absolute atomic E-state index is 0.324. The van der Waals surface area contributed by atoms with Gasteiger partial charge in [-0.3, -0.25) is 9.63 Å². The smallest absolute Gasteiger partial charge is 0.416 e. The van der Waals surface area contributed by atoms with Gasteiger partial charge in [0.1, 0.15) is 17.9 Å². The van der Waals surface area contributed by atoms with Crippen LogP contribution in [0.1, 0.15) is 42.9 Å². The molecule has 1 atom stereocenters. The Hall–Kier alpha value is -4.36. The number of carbonyl (C=O) groups excluding carboxylic acids is 1. The van der Waals surface area contributed by atoms with Gasteiger partial charge in [-0.15, -0.1) is 0 Å². The van der Waals surface area contributed by atoms with E-state index in [2.05, 4.69) is 37.0 Å². The number of alkyl halides is 3. The number of likely N-dealkylation sites (tertiary alicyclic amines) is 1. The molecule has 10 nitrogen and oxygen atoms in total. The Morgan fingerprint density at radius 1 is 1.07 bits per heavy atom. The molecule has 13 heteroatoms. The highest BCUT2D eigenvalue weighted by Gasteiger charge is 2.34. The van der Waals surface area contributed by atoms with Gasteiger partial charge < -0.3 is 25.2 Å². The van der Waals surface area contributed by atoms with E-state index in [0.29, 0.717) is 53.4 Å². The third-order valence-electron chi connectivity index (χ3n) is 8.62. The van der Waals surface area contributed by atoms with Gasteiger partial charge in [0.25, 0.3) is 0 Å². The van der Waals surface area contributed by atoms with Gasteiger partial charge in [-0.1, -0.05) is 18.7 Å². The van der Waals surface area contributed by atoms with E-state index in [9.17, 15) is 18.0 Å². The van der Waals surface area contributed by atoms with Gasteiger partial charge in [0.2, 0.25) is 5.91 Å². The second kappa shape index (κ2) is 12.9. The molecule has 0 spiro atoms. The molecule has 0 bridgehead atoms. The molecular formula is C32H36F3N7O3. The third kappa shape index (κ3) is 6.69. The number of aromatic nitrogens is 2. The van der Waals surface area contributed by atoms with Crippen LogP contribution in [-0.4, -0.2) is 66.7 Å². The van der Waals surface area contributed by atoms with Crippen LogP contribution in [0, 0.1) is 0 Å². The summed E-state index contributed by atoms with van der Waals surface area (Å²) in [5, 5.41) is 7.72. The molecule has 3 fully saturated rings. The van der Waals surface area contributed by atoms with Crippen LogP contribution in [0.5, 0.6) is 5.75 Å². The number of benzene rings is 2. The number of nitrogens with zero attached hydrogens (tertiary/aromatic N) is 5. The van der Waals surface area contributed by atoms with Crippen molar-refractivity contribution in [2.75, 3.05) is 60.5 Å². The molecule has 3 aliphatic rings. The van der Waals surface area contributed by atoms with Crippen molar-refractivity contribution in [2.45, 2.75) is 43.9 Å². The van der Waals surface area contributed by atoms with Crippen molar-refractivity contribution >= 4 is 34.6 Å². The van der Waals surface area contributed by atoms with Crippen LogP contribution in [0.2, 0.25) is 0 Å². The Bertz CT molecular complexity index is 1540. The second-order valence-corrected chi connectivity index (χ2v) is 11.3. The van der Waals surface area contributed by atoms with Gasteiger partial charge in [0.05, 0.1) is 42.4 Å². The maximum Gasteiger partial charge on any atom is 0.416 e. The molecule has 45 heavy (non-hydrogen) atoms. The summed E-state index contributed by atoms with van der Waals surface area (Å²) in [6.45, 7) is 7.96. The number of ether oxygens (including phenoxy) is 1. The van der Waals surface area contributed by atoms with Gasteiger partial charge >= 0.3 is 6.18 Å². The average Bonchev–Trinajstić information content (AvgIpc) is 3.51. The number of amides is 1. The molecule has 238 valence electrons. The van der Waals surface area contributed by atoms with E-state index >= 15 is 0 Å². The number of carbonyl (C=O) groups is 1. The maximum absolute atomic E-state index is 13.4. The average molecular weight is 624 g/mol. The molecule has 2 aromatic carbocycles. The summed E-state index contributed by atoms with van der Waals surface area (Å²) in [6, 6.07) is 10.7. The Kier molecular flexibility index (Phi) is 8.81. The molecule has 1 aromatic heterocycles. The van der Waals surface area contributed by atoms with Crippen LogP contribution in [-0.2, 0) is 15.8 Å². The van der Waals surface area contributed by atoms with Crippen molar-refractivity contribution < 1.29 is 27.5 Å². The van der Waals surface area contributed by atoms with E-state index in [-0.39, 0.29) is 5.91 Å². The molecule has 0 unspecified atom stereocenters. The number of hydroxylamine groups is 1. The Morgan fingerprint density at radius 3 is 2.56 bits per heavy atom. The van der Waals surface area contributed by atoms with Crippen LogP contribution in [0.3, 0.4) is 0 Å². The molecule has 2 N–H and O–H groups in total. The van der Waals surface area contributed by atoms with E-state index < -0.39 is 17.8 Å². The van der Waals surface area contributed by atoms with E-state index in [1.54, 1.807) is 25.3 Å². The van der Waals surface area contributed by atoms with Crippen molar-refractivity contribution in [1.29, 1.82) is 0 Å². The molecule has 0 radical (unpaired) electrons. The highest BCUT2D eigenvalue weighted by molar-refractivity contribution is 6.02. The number of piperidine rings is 1. The number of anilines is 5. The predicted molar refractivity (Wildman–Crippen MR) is 166 cm³/mol. The highest BCUT2D eigenvalue weighted by atomic mass is 19.4. The lowest BCUT2D eigenvalue weighted by atomic mass is 9.99. The topological polar surface area (TPSA) is 95.1 Å². The van der Waals surface area contributed by atoms with Crippen molar-refractivity contribution in [1.82, 2.24) is 14.9 Å². The van der Waals surface area contributed by atoms with Crippen LogP contribution >= 0.6 is 0 Å². The molecular weight excluding hydrogens is 587 g/mol. The summed E-state index contributed by atoms with van der Waals surface area (Å²) < 4.78 is 45.9. The van der Waals surface area contributed by atoms with Crippen molar-refractivity contribution in [3.05, 3.63) is 72.6 Å². The van der Waals surface area contributed by atoms with Crippen molar-refractivity contribution in [3.63, 3.8) is 0 Å². The number of halogens is 3. The van der Waals surface area contributed by atoms with E-state index in [4.69, 9.17) is 9.57 Å². The van der Waals surface area contributed by atoms with Crippen LogP contribution in [0.25, 0.3) is 0 Å². The monoisotopic (exact) mass is 623 g/mol. The fourth-order valence-electron chi connectivity index (χ4n) is 6.15. The minimum Gasteiger partial charge on any atom is -0.494 e. The molecule has 3 aliphatic heterocycles. The summed E-state index contributed by atoms with van der Waals surface area (Å²) in [5.74, 6) is 0.999. The predicted octanol–water partition coefficient (Wildman–Crippen LogP) is 5.93. The number of methoxy groups -OCH3 is 1. The van der Waals surface area contributed by atoms with Crippen molar-refractivity contribution in [2.24, 2.45) is 0 Å². The van der Waals surface area contributed by atoms with Crippen LogP contribution in [0.15, 0.2) is 61.4 Å². The first-order chi connectivity index (χ1) is 21.7. The lowest BCUT2D eigenvalue weighted by Gasteiger charge is -2.43. The zero-order valence-corrected chi connectivity index (χ0v) is 25.0. The summed E-state index contributed by atoms with van der Waals surface area (Å²) in [7, 11) is 1.57. The lowest BCUT2D eigenvalue weighted by molar-refractivity contribution is -0.137. The quantitative estimate of drug-likeness (QED) is 0.281. The van der Waals surface area contributed by atoms with E-state index in [1.165, 1.54) is 43.0 Å². The number of nitrogens with one attached hydrogen (secondary N) is 2. The third-order valence-corrected chi connectivity index (χ3v) is 8.62. The summed E-state index contributed by atoms with van der Waals surface area (Å²) >= 11 is 0. The molecule has 1 amide bonds. The van der Waals surface area contributed by atoms with Gasteiger partial charge in [-0.25, -0.2) is 15.0 Å². The number of rotatable bonds is 9. The molecule has 0 aliphatic carbocycles.